The van der Waals surface area contributed by atoms with Crippen molar-refractivity contribution in [3.05, 3.63) is 11.8 Å². The standard InChI is InChI=1S/C7H9NO3/c1-2-11-7(10)5-3-4-6(9)8-5/h3H,2,4H2,1H3,(H,8,9). The van der Waals surface area contributed by atoms with Crippen molar-refractivity contribution in [1.82, 2.24) is 5.32 Å². The molecule has 0 radical (unpaired) electrons. The van der Waals surface area contributed by atoms with Crippen molar-refractivity contribution in [2.75, 3.05) is 6.61 Å². The maximum Gasteiger partial charge on any atom is 0.354 e. The molecule has 4 nitrogen and oxygen atoms in total. The van der Waals surface area contributed by atoms with Crippen molar-refractivity contribution in [2.45, 2.75) is 13.3 Å². The van der Waals surface area contributed by atoms with E-state index < -0.39 is 5.97 Å². The van der Waals surface area contributed by atoms with Gasteiger partial charge in [-0.3, -0.25) is 4.79 Å². The van der Waals surface area contributed by atoms with E-state index in [1.54, 1.807) is 6.92 Å². The van der Waals surface area contributed by atoms with Crippen molar-refractivity contribution < 1.29 is 14.3 Å². The highest BCUT2D eigenvalue weighted by Gasteiger charge is 2.18. The molecular weight excluding hydrogens is 146 g/mol. The molecular formula is C7H9NO3. The number of ether oxygens (including phenoxy) is 1. The third-order valence-corrected chi connectivity index (χ3v) is 1.26. The average Bonchev–Trinajstić information content (AvgIpc) is 2.36. The molecule has 0 atom stereocenters. The van der Waals surface area contributed by atoms with E-state index in [4.69, 9.17) is 0 Å². The Morgan fingerprint density at radius 3 is 3.00 bits per heavy atom. The molecule has 1 N–H and O–H groups in total. The zero-order valence-electron chi connectivity index (χ0n) is 6.22. The molecule has 60 valence electrons. The van der Waals surface area contributed by atoms with E-state index in [-0.39, 0.29) is 18.0 Å². The summed E-state index contributed by atoms with van der Waals surface area (Å²) in [5.41, 5.74) is 0.261. The molecule has 1 rings (SSSR count). The number of esters is 1. The van der Waals surface area contributed by atoms with Crippen LogP contribution in [0.1, 0.15) is 13.3 Å². The molecule has 0 aromatic heterocycles. The van der Waals surface area contributed by atoms with Crippen molar-refractivity contribution in [1.29, 1.82) is 0 Å². The van der Waals surface area contributed by atoms with Crippen LogP contribution in [0.25, 0.3) is 0 Å². The van der Waals surface area contributed by atoms with Crippen LogP contribution < -0.4 is 5.32 Å². The van der Waals surface area contributed by atoms with E-state index in [1.807, 2.05) is 0 Å². The van der Waals surface area contributed by atoms with Gasteiger partial charge in [0.25, 0.3) is 0 Å². The molecule has 11 heavy (non-hydrogen) atoms. The summed E-state index contributed by atoms with van der Waals surface area (Å²) in [6.45, 7) is 2.04. The molecule has 0 fully saturated rings. The quantitative estimate of drug-likeness (QED) is 0.569. The second kappa shape index (κ2) is 3.18. The number of amides is 1. The molecule has 0 aliphatic carbocycles. The van der Waals surface area contributed by atoms with E-state index >= 15 is 0 Å². The number of carbonyl (C=O) groups excluding carboxylic acids is 2. The number of carbonyl (C=O) groups is 2. The first-order valence-electron chi connectivity index (χ1n) is 3.41. The Kier molecular flexibility index (Phi) is 2.25. The van der Waals surface area contributed by atoms with Gasteiger partial charge in [-0.05, 0) is 13.0 Å². The van der Waals surface area contributed by atoms with Crippen LogP contribution in [0, 0.1) is 0 Å². The number of rotatable bonds is 2. The maximum absolute atomic E-state index is 10.9. The third kappa shape index (κ3) is 1.80. The van der Waals surface area contributed by atoms with Crippen molar-refractivity contribution in [3.8, 4) is 0 Å². The van der Waals surface area contributed by atoms with E-state index in [1.165, 1.54) is 6.08 Å². The Hall–Kier alpha value is -1.32. The van der Waals surface area contributed by atoms with Gasteiger partial charge in [0.15, 0.2) is 0 Å². The van der Waals surface area contributed by atoms with Gasteiger partial charge < -0.3 is 10.1 Å². The highest BCUT2D eigenvalue weighted by Crippen LogP contribution is 2.03. The van der Waals surface area contributed by atoms with Gasteiger partial charge in [0.1, 0.15) is 5.70 Å². The predicted molar refractivity (Wildman–Crippen MR) is 37.5 cm³/mol. The predicted octanol–water partition coefficient (Wildman–Crippen LogP) is -0.0467. The Bertz CT molecular complexity index is 220. The van der Waals surface area contributed by atoms with E-state index in [0.29, 0.717) is 6.61 Å². The fourth-order valence-corrected chi connectivity index (χ4v) is 0.790. The van der Waals surface area contributed by atoms with Gasteiger partial charge in [-0.25, -0.2) is 4.79 Å². The zero-order chi connectivity index (χ0) is 8.27. The lowest BCUT2D eigenvalue weighted by Gasteiger charge is -2.01. The second-order valence-electron chi connectivity index (χ2n) is 2.09. The van der Waals surface area contributed by atoms with Gasteiger partial charge in [-0.2, -0.15) is 0 Å². The van der Waals surface area contributed by atoms with E-state index in [0.717, 1.165) is 0 Å². The largest absolute Gasteiger partial charge is 0.461 e. The Labute approximate surface area is 64.2 Å². The minimum absolute atomic E-state index is 0.159. The van der Waals surface area contributed by atoms with Crippen molar-refractivity contribution >= 4 is 11.9 Å². The average molecular weight is 155 g/mol. The highest BCUT2D eigenvalue weighted by atomic mass is 16.5. The maximum atomic E-state index is 10.9. The second-order valence-corrected chi connectivity index (χ2v) is 2.09. The molecule has 1 aliphatic heterocycles. The first-order chi connectivity index (χ1) is 5.24. The molecule has 0 saturated heterocycles. The highest BCUT2D eigenvalue weighted by molar-refractivity contribution is 5.97. The summed E-state index contributed by atoms with van der Waals surface area (Å²) in [4.78, 5) is 21.5. The lowest BCUT2D eigenvalue weighted by atomic mass is 10.4. The number of hydrogen-bond acceptors (Lipinski definition) is 3. The normalized spacial score (nSPS) is 15.7. The molecule has 0 saturated carbocycles. The van der Waals surface area contributed by atoms with Gasteiger partial charge in [-0.1, -0.05) is 0 Å². The molecule has 1 heterocycles. The van der Waals surface area contributed by atoms with Crippen LogP contribution in [0.15, 0.2) is 11.8 Å². The number of nitrogens with one attached hydrogen (secondary N) is 1. The zero-order valence-corrected chi connectivity index (χ0v) is 6.22. The summed E-state index contributed by atoms with van der Waals surface area (Å²) in [6, 6.07) is 0. The van der Waals surface area contributed by atoms with Gasteiger partial charge in [0.2, 0.25) is 5.91 Å². The summed E-state index contributed by atoms with van der Waals surface area (Å²) < 4.78 is 4.65. The molecule has 0 unspecified atom stereocenters. The third-order valence-electron chi connectivity index (χ3n) is 1.26. The number of hydrogen-bond donors (Lipinski definition) is 1. The minimum Gasteiger partial charge on any atom is -0.461 e. The SMILES string of the molecule is CCOC(=O)C1=CCC(=O)N1. The van der Waals surface area contributed by atoms with Gasteiger partial charge in [-0.15, -0.1) is 0 Å². The van der Waals surface area contributed by atoms with E-state index in [9.17, 15) is 9.59 Å². The smallest absolute Gasteiger partial charge is 0.354 e. The lowest BCUT2D eigenvalue weighted by molar-refractivity contribution is -0.139. The summed E-state index contributed by atoms with van der Waals surface area (Å²) in [5, 5.41) is 2.39. The van der Waals surface area contributed by atoms with Crippen LogP contribution in [0.2, 0.25) is 0 Å². The van der Waals surface area contributed by atoms with Crippen molar-refractivity contribution in [3.63, 3.8) is 0 Å². The van der Waals surface area contributed by atoms with Gasteiger partial charge in [0.05, 0.1) is 6.61 Å². The van der Waals surface area contributed by atoms with Crippen LogP contribution >= 0.6 is 0 Å². The Morgan fingerprint density at radius 2 is 2.55 bits per heavy atom. The fourth-order valence-electron chi connectivity index (χ4n) is 0.790. The summed E-state index contributed by atoms with van der Waals surface area (Å²) >= 11 is 0. The molecule has 0 spiro atoms. The summed E-state index contributed by atoms with van der Waals surface area (Å²) in [6.07, 6.45) is 1.80. The molecule has 4 heteroatoms. The van der Waals surface area contributed by atoms with Crippen LogP contribution in [0.5, 0.6) is 0 Å². The lowest BCUT2D eigenvalue weighted by Crippen LogP contribution is -2.22. The fraction of sp³-hybridized carbons (Fsp3) is 0.429. The van der Waals surface area contributed by atoms with E-state index in [2.05, 4.69) is 10.1 Å². The monoisotopic (exact) mass is 155 g/mol. The Morgan fingerprint density at radius 1 is 1.82 bits per heavy atom. The van der Waals surface area contributed by atoms with Crippen LogP contribution in [0.4, 0.5) is 0 Å². The molecule has 0 aromatic rings. The molecule has 1 aliphatic rings. The first kappa shape index (κ1) is 7.78. The van der Waals surface area contributed by atoms with Crippen LogP contribution in [-0.2, 0) is 14.3 Å². The Balaban J connectivity index is 2.49. The van der Waals surface area contributed by atoms with Gasteiger partial charge in [0, 0.05) is 6.42 Å². The molecule has 0 bridgehead atoms. The van der Waals surface area contributed by atoms with Crippen molar-refractivity contribution in [2.24, 2.45) is 0 Å². The van der Waals surface area contributed by atoms with Crippen LogP contribution in [-0.4, -0.2) is 18.5 Å². The topological polar surface area (TPSA) is 55.4 Å². The summed E-state index contributed by atoms with van der Waals surface area (Å²) in [5.74, 6) is -0.619. The summed E-state index contributed by atoms with van der Waals surface area (Å²) in [7, 11) is 0. The minimum atomic E-state index is -0.460. The first-order valence-corrected chi connectivity index (χ1v) is 3.41. The molecule has 1 amide bonds. The van der Waals surface area contributed by atoms with Gasteiger partial charge >= 0.3 is 5.97 Å². The molecule has 0 aromatic carbocycles. The van der Waals surface area contributed by atoms with Crippen LogP contribution in [0.3, 0.4) is 0 Å².